The summed E-state index contributed by atoms with van der Waals surface area (Å²) >= 11 is 5.92. The van der Waals surface area contributed by atoms with E-state index in [1.54, 1.807) is 0 Å². The molecule has 4 heteroatoms. The van der Waals surface area contributed by atoms with Crippen molar-refractivity contribution in [2.75, 3.05) is 6.61 Å². The van der Waals surface area contributed by atoms with Crippen molar-refractivity contribution >= 4 is 17.5 Å². The number of carbonyl (C=O) groups excluding carboxylic acids is 1. The summed E-state index contributed by atoms with van der Waals surface area (Å²) < 4.78 is 0. The SMILES string of the molecule is CCONC(=O)C1(c2cccc(Cl)c2)CC1. The molecule has 1 amide bonds. The summed E-state index contributed by atoms with van der Waals surface area (Å²) in [6.07, 6.45) is 1.71. The number of benzene rings is 1. The molecule has 1 aromatic rings. The second kappa shape index (κ2) is 4.44. The molecule has 1 aromatic carbocycles. The molecule has 1 fully saturated rings. The first-order chi connectivity index (χ1) is 7.69. The van der Waals surface area contributed by atoms with Crippen LogP contribution in [0.1, 0.15) is 25.3 Å². The fourth-order valence-electron chi connectivity index (χ4n) is 1.79. The van der Waals surface area contributed by atoms with E-state index in [1.807, 2.05) is 31.2 Å². The Morgan fingerprint density at radius 3 is 2.88 bits per heavy atom. The largest absolute Gasteiger partial charge is 0.274 e. The Bertz CT molecular complexity index is 402. The van der Waals surface area contributed by atoms with Gasteiger partial charge >= 0.3 is 0 Å². The number of nitrogens with one attached hydrogen (secondary N) is 1. The van der Waals surface area contributed by atoms with E-state index in [0.29, 0.717) is 11.6 Å². The number of rotatable bonds is 4. The third-order valence-electron chi connectivity index (χ3n) is 2.87. The van der Waals surface area contributed by atoms with E-state index >= 15 is 0 Å². The molecule has 1 aliphatic rings. The second-order valence-corrected chi connectivity index (χ2v) is 4.39. The van der Waals surface area contributed by atoms with Gasteiger partial charge in [-0.3, -0.25) is 9.63 Å². The standard InChI is InChI=1S/C12H14ClNO2/c1-2-16-14-11(15)12(6-7-12)9-4-3-5-10(13)8-9/h3-5,8H,2,6-7H2,1H3,(H,14,15). The third-order valence-corrected chi connectivity index (χ3v) is 3.11. The molecule has 0 aromatic heterocycles. The monoisotopic (exact) mass is 239 g/mol. The van der Waals surface area contributed by atoms with E-state index in [2.05, 4.69) is 5.48 Å². The normalized spacial score (nSPS) is 16.9. The van der Waals surface area contributed by atoms with Crippen LogP contribution in [-0.2, 0) is 15.0 Å². The highest BCUT2D eigenvalue weighted by Gasteiger charge is 2.51. The lowest BCUT2D eigenvalue weighted by molar-refractivity contribution is -0.135. The van der Waals surface area contributed by atoms with Crippen molar-refractivity contribution in [3.63, 3.8) is 0 Å². The number of hydrogen-bond acceptors (Lipinski definition) is 2. The number of hydrogen-bond donors (Lipinski definition) is 1. The van der Waals surface area contributed by atoms with Crippen LogP contribution in [0.3, 0.4) is 0 Å². The summed E-state index contributed by atoms with van der Waals surface area (Å²) in [5.41, 5.74) is 3.02. The first-order valence-electron chi connectivity index (χ1n) is 5.37. The molecule has 3 nitrogen and oxygen atoms in total. The maximum Gasteiger partial charge on any atom is 0.254 e. The summed E-state index contributed by atoms with van der Waals surface area (Å²) in [4.78, 5) is 16.9. The quantitative estimate of drug-likeness (QED) is 0.820. The lowest BCUT2D eigenvalue weighted by atomic mass is 9.95. The summed E-state index contributed by atoms with van der Waals surface area (Å²) in [5, 5.41) is 0.660. The van der Waals surface area contributed by atoms with E-state index in [9.17, 15) is 4.79 Å². The molecule has 1 aliphatic carbocycles. The molecule has 86 valence electrons. The van der Waals surface area contributed by atoms with Crippen molar-refractivity contribution in [2.45, 2.75) is 25.2 Å². The summed E-state index contributed by atoms with van der Waals surface area (Å²) in [7, 11) is 0. The van der Waals surface area contributed by atoms with Gasteiger partial charge in [0.2, 0.25) is 0 Å². The maximum atomic E-state index is 11.9. The van der Waals surface area contributed by atoms with Crippen LogP contribution >= 0.6 is 11.6 Å². The highest BCUT2D eigenvalue weighted by Crippen LogP contribution is 2.48. The smallest absolute Gasteiger partial charge is 0.254 e. The van der Waals surface area contributed by atoms with Gasteiger partial charge in [0, 0.05) is 5.02 Å². The van der Waals surface area contributed by atoms with Gasteiger partial charge in [0.15, 0.2) is 0 Å². The van der Waals surface area contributed by atoms with Gasteiger partial charge in [-0.05, 0) is 37.5 Å². The van der Waals surface area contributed by atoms with Gasteiger partial charge in [-0.25, -0.2) is 5.48 Å². The first kappa shape index (κ1) is 11.4. The van der Waals surface area contributed by atoms with Crippen LogP contribution in [0.5, 0.6) is 0 Å². The molecule has 0 bridgehead atoms. The Hall–Kier alpha value is -1.06. The molecule has 2 rings (SSSR count). The summed E-state index contributed by atoms with van der Waals surface area (Å²) in [5.74, 6) is -0.0726. The van der Waals surface area contributed by atoms with Crippen LogP contribution in [0.4, 0.5) is 0 Å². The van der Waals surface area contributed by atoms with Gasteiger partial charge in [-0.15, -0.1) is 0 Å². The van der Waals surface area contributed by atoms with E-state index in [1.165, 1.54) is 0 Å². The van der Waals surface area contributed by atoms with Crippen LogP contribution in [0.25, 0.3) is 0 Å². The van der Waals surface area contributed by atoms with Crippen LogP contribution in [-0.4, -0.2) is 12.5 Å². The molecule has 0 radical (unpaired) electrons. The van der Waals surface area contributed by atoms with Crippen LogP contribution in [0, 0.1) is 0 Å². The molecule has 0 saturated heterocycles. The fraction of sp³-hybridized carbons (Fsp3) is 0.417. The van der Waals surface area contributed by atoms with E-state index in [4.69, 9.17) is 16.4 Å². The highest BCUT2D eigenvalue weighted by molar-refractivity contribution is 6.30. The second-order valence-electron chi connectivity index (χ2n) is 3.96. The van der Waals surface area contributed by atoms with Crippen molar-refractivity contribution in [2.24, 2.45) is 0 Å². The van der Waals surface area contributed by atoms with Crippen LogP contribution in [0.15, 0.2) is 24.3 Å². The summed E-state index contributed by atoms with van der Waals surface area (Å²) in [6, 6.07) is 7.46. The predicted octanol–water partition coefficient (Wildman–Crippen LogP) is 2.44. The van der Waals surface area contributed by atoms with Gasteiger partial charge in [0.25, 0.3) is 5.91 Å². The molecule has 0 atom stereocenters. The Morgan fingerprint density at radius 1 is 1.56 bits per heavy atom. The van der Waals surface area contributed by atoms with Crippen molar-refractivity contribution < 1.29 is 9.63 Å². The number of hydroxylamine groups is 1. The molecule has 16 heavy (non-hydrogen) atoms. The van der Waals surface area contributed by atoms with Crippen LogP contribution < -0.4 is 5.48 Å². The third kappa shape index (κ3) is 2.06. The topological polar surface area (TPSA) is 38.3 Å². The molecular weight excluding hydrogens is 226 g/mol. The highest BCUT2D eigenvalue weighted by atomic mass is 35.5. The van der Waals surface area contributed by atoms with Crippen LogP contribution in [0.2, 0.25) is 5.02 Å². The molecule has 1 N–H and O–H groups in total. The Labute approximate surface area is 99.7 Å². The molecule has 0 aliphatic heterocycles. The lowest BCUT2D eigenvalue weighted by Gasteiger charge is -2.15. The zero-order chi connectivity index (χ0) is 11.6. The Kier molecular flexibility index (Phi) is 3.17. The zero-order valence-electron chi connectivity index (χ0n) is 9.13. The minimum atomic E-state index is -0.417. The minimum Gasteiger partial charge on any atom is -0.274 e. The molecular formula is C12H14ClNO2. The zero-order valence-corrected chi connectivity index (χ0v) is 9.88. The predicted molar refractivity (Wildman–Crippen MR) is 62.1 cm³/mol. The number of carbonyl (C=O) groups is 1. The Morgan fingerprint density at radius 2 is 2.31 bits per heavy atom. The minimum absolute atomic E-state index is 0.0726. The number of halogens is 1. The molecule has 0 unspecified atom stereocenters. The van der Waals surface area contributed by atoms with Gasteiger partial charge in [-0.2, -0.15) is 0 Å². The Balaban J connectivity index is 2.16. The van der Waals surface area contributed by atoms with Gasteiger partial charge in [0.05, 0.1) is 12.0 Å². The molecule has 0 spiro atoms. The van der Waals surface area contributed by atoms with Gasteiger partial charge < -0.3 is 0 Å². The van der Waals surface area contributed by atoms with Crippen molar-refractivity contribution in [1.82, 2.24) is 5.48 Å². The van der Waals surface area contributed by atoms with Gasteiger partial charge in [0.1, 0.15) is 0 Å². The molecule has 1 saturated carbocycles. The van der Waals surface area contributed by atoms with Crippen molar-refractivity contribution in [3.8, 4) is 0 Å². The van der Waals surface area contributed by atoms with E-state index < -0.39 is 5.41 Å². The average Bonchev–Trinajstić information content (AvgIpc) is 3.07. The van der Waals surface area contributed by atoms with E-state index in [-0.39, 0.29) is 5.91 Å². The van der Waals surface area contributed by atoms with E-state index in [0.717, 1.165) is 18.4 Å². The molecule has 0 heterocycles. The summed E-state index contributed by atoms with van der Waals surface area (Å²) in [6.45, 7) is 2.30. The maximum absolute atomic E-state index is 11.9. The first-order valence-corrected chi connectivity index (χ1v) is 5.75. The van der Waals surface area contributed by atoms with Crippen molar-refractivity contribution in [1.29, 1.82) is 0 Å². The van der Waals surface area contributed by atoms with Crippen molar-refractivity contribution in [3.05, 3.63) is 34.9 Å². The lowest BCUT2D eigenvalue weighted by Crippen LogP contribution is -2.34. The number of amides is 1. The van der Waals surface area contributed by atoms with Gasteiger partial charge in [-0.1, -0.05) is 23.7 Å². The average molecular weight is 240 g/mol. The fourth-order valence-corrected chi connectivity index (χ4v) is 1.98.